The van der Waals surface area contributed by atoms with Crippen molar-refractivity contribution in [1.29, 1.82) is 0 Å². The summed E-state index contributed by atoms with van der Waals surface area (Å²) in [5.74, 6) is 0.690. The van der Waals surface area contributed by atoms with Crippen LogP contribution >= 0.6 is 0 Å². The van der Waals surface area contributed by atoms with Crippen LogP contribution in [0.15, 0.2) is 12.2 Å². The third-order valence-electron chi connectivity index (χ3n) is 3.55. The van der Waals surface area contributed by atoms with Crippen LogP contribution in [0.4, 0.5) is 0 Å². The highest BCUT2D eigenvalue weighted by Gasteiger charge is 2.53. The molecule has 2 aliphatic rings. The van der Waals surface area contributed by atoms with E-state index >= 15 is 0 Å². The number of fused-ring (bicyclic) bond motifs is 2. The molecule has 0 saturated heterocycles. The molecule has 0 aliphatic heterocycles. The van der Waals surface area contributed by atoms with Gasteiger partial charge in [-0.2, -0.15) is 0 Å². The van der Waals surface area contributed by atoms with E-state index in [9.17, 15) is 9.59 Å². The van der Waals surface area contributed by atoms with Gasteiger partial charge in [-0.15, -0.1) is 0 Å². The summed E-state index contributed by atoms with van der Waals surface area (Å²) in [7, 11) is 0. The lowest BCUT2D eigenvalue weighted by molar-refractivity contribution is -0.126. The molecule has 12 heavy (non-hydrogen) atoms. The summed E-state index contributed by atoms with van der Waals surface area (Å²) in [6, 6.07) is 0. The highest BCUT2D eigenvalue weighted by Crippen LogP contribution is 2.56. The lowest BCUT2D eigenvalue weighted by Gasteiger charge is -2.28. The first kappa shape index (κ1) is 7.71. The number of rotatable bonds is 2. The monoisotopic (exact) mass is 164 g/mol. The van der Waals surface area contributed by atoms with Gasteiger partial charge in [0, 0.05) is 0 Å². The van der Waals surface area contributed by atoms with Crippen LogP contribution in [-0.4, -0.2) is 12.6 Å². The number of aldehydes is 2. The Morgan fingerprint density at radius 3 is 2.33 bits per heavy atom. The zero-order valence-corrected chi connectivity index (χ0v) is 6.95. The van der Waals surface area contributed by atoms with E-state index < -0.39 is 5.41 Å². The lowest BCUT2D eigenvalue weighted by atomic mass is 9.72. The molecule has 0 aromatic rings. The van der Waals surface area contributed by atoms with E-state index in [0.29, 0.717) is 5.92 Å². The van der Waals surface area contributed by atoms with E-state index in [-0.39, 0.29) is 5.92 Å². The molecular weight excluding hydrogens is 152 g/mol. The zero-order chi connectivity index (χ0) is 8.77. The minimum Gasteiger partial charge on any atom is -0.302 e. The van der Waals surface area contributed by atoms with E-state index in [1.807, 2.05) is 0 Å². The molecule has 0 amide bonds. The molecule has 0 aromatic carbocycles. The summed E-state index contributed by atoms with van der Waals surface area (Å²) in [6.07, 6.45) is 4.72. The summed E-state index contributed by atoms with van der Waals surface area (Å²) in [5.41, 5.74) is 0.0619. The fraction of sp³-hybridized carbons (Fsp3) is 0.600. The number of hydrogen-bond acceptors (Lipinski definition) is 2. The van der Waals surface area contributed by atoms with Gasteiger partial charge in [0.1, 0.15) is 18.0 Å². The van der Waals surface area contributed by atoms with Gasteiger partial charge in [0.15, 0.2) is 0 Å². The predicted molar refractivity (Wildman–Crippen MR) is 44.5 cm³/mol. The van der Waals surface area contributed by atoms with E-state index in [4.69, 9.17) is 0 Å². The van der Waals surface area contributed by atoms with Gasteiger partial charge in [-0.25, -0.2) is 0 Å². The largest absolute Gasteiger partial charge is 0.302 e. The SMILES string of the molecule is C=C1C2CCC(C2)C1(C=O)C=O. The fourth-order valence-electron chi connectivity index (χ4n) is 2.72. The van der Waals surface area contributed by atoms with Crippen LogP contribution in [0.25, 0.3) is 0 Å². The molecule has 2 atom stereocenters. The van der Waals surface area contributed by atoms with Crippen molar-refractivity contribution in [2.75, 3.05) is 0 Å². The maximum atomic E-state index is 10.9. The Kier molecular flexibility index (Phi) is 1.47. The number of allylic oxidation sites excluding steroid dienone is 1. The highest BCUT2D eigenvalue weighted by molar-refractivity contribution is 5.90. The second kappa shape index (κ2) is 2.28. The number of hydrogen-bond donors (Lipinski definition) is 0. The van der Waals surface area contributed by atoms with Crippen molar-refractivity contribution < 1.29 is 9.59 Å². The summed E-state index contributed by atoms with van der Waals surface area (Å²) in [6.45, 7) is 3.87. The predicted octanol–water partition coefficient (Wildman–Crippen LogP) is 1.36. The quantitative estimate of drug-likeness (QED) is 0.351. The van der Waals surface area contributed by atoms with Gasteiger partial charge in [-0.3, -0.25) is 0 Å². The van der Waals surface area contributed by atoms with Crippen molar-refractivity contribution >= 4 is 12.6 Å². The maximum Gasteiger partial charge on any atom is 0.137 e. The van der Waals surface area contributed by atoms with Crippen molar-refractivity contribution in [2.45, 2.75) is 19.3 Å². The van der Waals surface area contributed by atoms with Gasteiger partial charge < -0.3 is 9.59 Å². The zero-order valence-electron chi connectivity index (χ0n) is 6.95. The molecule has 0 heterocycles. The molecule has 0 N–H and O–H groups in total. The summed E-state index contributed by atoms with van der Waals surface area (Å²) in [5, 5.41) is 0. The molecule has 0 aromatic heterocycles. The van der Waals surface area contributed by atoms with E-state index in [2.05, 4.69) is 6.58 Å². The van der Waals surface area contributed by atoms with Crippen LogP contribution in [0.1, 0.15) is 19.3 Å². The van der Waals surface area contributed by atoms with E-state index in [1.165, 1.54) is 0 Å². The average Bonchev–Trinajstić information content (AvgIpc) is 2.64. The lowest BCUT2D eigenvalue weighted by Crippen LogP contribution is -2.32. The van der Waals surface area contributed by atoms with Crippen LogP contribution in [0.5, 0.6) is 0 Å². The Morgan fingerprint density at radius 2 is 2.00 bits per heavy atom. The van der Waals surface area contributed by atoms with Gasteiger partial charge >= 0.3 is 0 Å². The molecule has 64 valence electrons. The van der Waals surface area contributed by atoms with Crippen molar-refractivity contribution in [3.05, 3.63) is 12.2 Å². The first-order chi connectivity index (χ1) is 5.74. The Balaban J connectivity index is 2.43. The van der Waals surface area contributed by atoms with Crippen LogP contribution < -0.4 is 0 Å². The van der Waals surface area contributed by atoms with Gasteiger partial charge in [0.05, 0.1) is 0 Å². The molecule has 2 bridgehead atoms. The third kappa shape index (κ3) is 0.655. The Bertz CT molecular complexity index is 247. The van der Waals surface area contributed by atoms with Gasteiger partial charge in [-0.05, 0) is 31.1 Å². The Hall–Kier alpha value is -0.920. The third-order valence-corrected chi connectivity index (χ3v) is 3.55. The second-order valence-corrected chi connectivity index (χ2v) is 3.90. The summed E-state index contributed by atoms with van der Waals surface area (Å²) < 4.78 is 0. The highest BCUT2D eigenvalue weighted by atomic mass is 16.1. The van der Waals surface area contributed by atoms with Crippen LogP contribution in [0, 0.1) is 17.3 Å². The number of carbonyl (C=O) groups is 2. The summed E-state index contributed by atoms with van der Waals surface area (Å²) in [4.78, 5) is 21.7. The van der Waals surface area contributed by atoms with E-state index in [0.717, 1.165) is 37.4 Å². The van der Waals surface area contributed by atoms with Crippen LogP contribution in [0.3, 0.4) is 0 Å². The standard InChI is InChI=1S/C10H12O2/c1-7-8-2-3-9(4-8)10(7,5-11)6-12/h5-6,8-9H,1-4H2. The van der Waals surface area contributed by atoms with Crippen molar-refractivity contribution in [1.82, 2.24) is 0 Å². The molecule has 2 rings (SSSR count). The molecular formula is C10H12O2. The maximum absolute atomic E-state index is 10.9. The Labute approximate surface area is 71.6 Å². The first-order valence-corrected chi connectivity index (χ1v) is 4.36. The topological polar surface area (TPSA) is 34.1 Å². The molecule has 2 saturated carbocycles. The first-order valence-electron chi connectivity index (χ1n) is 4.36. The van der Waals surface area contributed by atoms with Gasteiger partial charge in [0.2, 0.25) is 0 Å². The minimum absolute atomic E-state index is 0.255. The van der Waals surface area contributed by atoms with Crippen molar-refractivity contribution in [2.24, 2.45) is 17.3 Å². The fourth-order valence-corrected chi connectivity index (χ4v) is 2.72. The van der Waals surface area contributed by atoms with Gasteiger partial charge in [-0.1, -0.05) is 12.2 Å². The normalized spacial score (nSPS) is 36.8. The van der Waals surface area contributed by atoms with Crippen molar-refractivity contribution in [3.63, 3.8) is 0 Å². The smallest absolute Gasteiger partial charge is 0.137 e. The molecule has 2 unspecified atom stereocenters. The van der Waals surface area contributed by atoms with E-state index in [1.54, 1.807) is 0 Å². The molecule has 2 fully saturated rings. The van der Waals surface area contributed by atoms with Crippen LogP contribution in [0.2, 0.25) is 0 Å². The summed E-state index contributed by atoms with van der Waals surface area (Å²) >= 11 is 0. The molecule has 0 spiro atoms. The molecule has 2 aliphatic carbocycles. The molecule has 2 heteroatoms. The second-order valence-electron chi connectivity index (χ2n) is 3.90. The minimum atomic E-state index is -0.803. The number of carbonyl (C=O) groups excluding carboxylic acids is 2. The van der Waals surface area contributed by atoms with Gasteiger partial charge in [0.25, 0.3) is 0 Å². The van der Waals surface area contributed by atoms with Crippen molar-refractivity contribution in [3.8, 4) is 0 Å². The molecule has 0 radical (unpaired) electrons. The molecule has 2 nitrogen and oxygen atoms in total. The average molecular weight is 164 g/mol. The van der Waals surface area contributed by atoms with Crippen LogP contribution in [-0.2, 0) is 9.59 Å². The Morgan fingerprint density at radius 1 is 1.33 bits per heavy atom.